The van der Waals surface area contributed by atoms with E-state index in [2.05, 4.69) is 27.4 Å². The molecule has 0 unspecified atom stereocenters. The molecule has 1 aliphatic rings. The van der Waals surface area contributed by atoms with Gasteiger partial charge in [-0.15, -0.1) is 11.3 Å². The number of allylic oxidation sites excluding steroid dienone is 1. The fourth-order valence-corrected chi connectivity index (χ4v) is 5.74. The van der Waals surface area contributed by atoms with Gasteiger partial charge >= 0.3 is 0 Å². The van der Waals surface area contributed by atoms with Gasteiger partial charge in [-0.05, 0) is 32.8 Å². The largest absolute Gasteiger partial charge is 0.370 e. The van der Waals surface area contributed by atoms with E-state index in [9.17, 15) is 4.79 Å². The zero-order chi connectivity index (χ0) is 20.3. The van der Waals surface area contributed by atoms with E-state index in [4.69, 9.17) is 9.72 Å². The van der Waals surface area contributed by atoms with Gasteiger partial charge in [0, 0.05) is 23.6 Å². The van der Waals surface area contributed by atoms with Crippen LogP contribution >= 0.6 is 23.1 Å². The van der Waals surface area contributed by atoms with Crippen LogP contribution in [0, 0.1) is 0 Å². The van der Waals surface area contributed by atoms with E-state index in [1.54, 1.807) is 23.1 Å². The molecule has 6 heteroatoms. The first kappa shape index (κ1) is 21.6. The highest BCUT2D eigenvalue weighted by atomic mass is 32.2. The second-order valence-corrected chi connectivity index (χ2v) is 10.6. The van der Waals surface area contributed by atoms with Gasteiger partial charge in [0.25, 0.3) is 5.56 Å². The van der Waals surface area contributed by atoms with Gasteiger partial charge in [-0.3, -0.25) is 9.36 Å². The molecule has 0 saturated carbocycles. The van der Waals surface area contributed by atoms with Crippen molar-refractivity contribution in [2.24, 2.45) is 0 Å². The molecule has 0 N–H and O–H groups in total. The van der Waals surface area contributed by atoms with Gasteiger partial charge < -0.3 is 4.74 Å². The first-order valence-electron chi connectivity index (χ1n) is 10.3. The summed E-state index contributed by atoms with van der Waals surface area (Å²) in [5, 5.41) is 1.62. The summed E-state index contributed by atoms with van der Waals surface area (Å²) < 4.78 is 7.78. The number of unbranched alkanes of at least 4 members (excludes halogenated alkanes) is 4. The smallest absolute Gasteiger partial charge is 0.263 e. The van der Waals surface area contributed by atoms with Gasteiger partial charge in [0.15, 0.2) is 5.16 Å². The van der Waals surface area contributed by atoms with Crippen LogP contribution in [0.4, 0.5) is 0 Å². The maximum atomic E-state index is 13.4. The van der Waals surface area contributed by atoms with E-state index in [0.29, 0.717) is 13.2 Å². The summed E-state index contributed by atoms with van der Waals surface area (Å²) >= 11 is 3.33. The Hall–Kier alpha value is -1.11. The second-order valence-electron chi connectivity index (χ2n) is 8.41. The lowest BCUT2D eigenvalue weighted by molar-refractivity contribution is -0.0379. The van der Waals surface area contributed by atoms with Gasteiger partial charge in [-0.25, -0.2) is 4.98 Å². The van der Waals surface area contributed by atoms with Crippen LogP contribution in [-0.4, -0.2) is 20.9 Å². The van der Waals surface area contributed by atoms with Crippen molar-refractivity contribution in [1.29, 1.82) is 0 Å². The number of thioether (sulfide) groups is 1. The molecule has 0 radical (unpaired) electrons. The molecule has 28 heavy (non-hydrogen) atoms. The molecule has 0 bridgehead atoms. The van der Waals surface area contributed by atoms with E-state index < -0.39 is 0 Å². The van der Waals surface area contributed by atoms with Crippen molar-refractivity contribution in [2.45, 2.75) is 90.1 Å². The molecule has 0 spiro atoms. The topological polar surface area (TPSA) is 44.1 Å². The number of thiophene rings is 1. The molecule has 0 fully saturated rings. The summed E-state index contributed by atoms with van der Waals surface area (Å²) in [6.07, 6.45) is 7.01. The summed E-state index contributed by atoms with van der Waals surface area (Å²) in [6.45, 7) is 13.5. The lowest BCUT2D eigenvalue weighted by Crippen LogP contribution is -2.32. The minimum Gasteiger partial charge on any atom is -0.370 e. The fraction of sp³-hybridized carbons (Fsp3) is 0.636. The van der Waals surface area contributed by atoms with E-state index >= 15 is 0 Å². The molecule has 2 aromatic heterocycles. The quantitative estimate of drug-likeness (QED) is 0.218. The first-order valence-corrected chi connectivity index (χ1v) is 12.1. The average molecular weight is 421 g/mol. The maximum absolute atomic E-state index is 13.4. The second kappa shape index (κ2) is 9.14. The third kappa shape index (κ3) is 4.89. The number of hydrogen-bond donors (Lipinski definition) is 0. The fourth-order valence-electron chi connectivity index (χ4n) is 3.60. The SMILES string of the molecule is C=C(C)Cn1c(SCCCCCCC)nc2sc3c(c2c1=O)CC(C)(C)OC3. The molecule has 0 atom stereocenters. The molecule has 4 nitrogen and oxygen atoms in total. The Bertz CT molecular complexity index is 911. The number of aromatic nitrogens is 2. The highest BCUT2D eigenvalue weighted by molar-refractivity contribution is 7.99. The van der Waals surface area contributed by atoms with Gasteiger partial charge in [0.1, 0.15) is 4.83 Å². The van der Waals surface area contributed by atoms with Crippen molar-refractivity contribution in [3.05, 3.63) is 32.9 Å². The Morgan fingerprint density at radius 3 is 2.79 bits per heavy atom. The van der Waals surface area contributed by atoms with E-state index in [1.807, 2.05) is 11.5 Å². The number of nitrogens with zero attached hydrogens (tertiary/aromatic N) is 2. The highest BCUT2D eigenvalue weighted by Crippen LogP contribution is 2.37. The molecule has 0 aromatic carbocycles. The van der Waals surface area contributed by atoms with Gasteiger partial charge in [0.05, 0.1) is 17.6 Å². The van der Waals surface area contributed by atoms with Crippen molar-refractivity contribution < 1.29 is 4.74 Å². The summed E-state index contributed by atoms with van der Waals surface area (Å²) in [5.74, 6) is 0.999. The molecular weight excluding hydrogens is 388 g/mol. The summed E-state index contributed by atoms with van der Waals surface area (Å²) in [4.78, 5) is 20.4. The Kier molecular flexibility index (Phi) is 7.05. The third-order valence-electron chi connectivity index (χ3n) is 5.06. The molecule has 2 aromatic rings. The predicted molar refractivity (Wildman–Crippen MR) is 121 cm³/mol. The molecule has 0 amide bonds. The van der Waals surface area contributed by atoms with Crippen molar-refractivity contribution >= 4 is 33.3 Å². The summed E-state index contributed by atoms with van der Waals surface area (Å²) in [6, 6.07) is 0. The van der Waals surface area contributed by atoms with Gasteiger partial charge in [0.2, 0.25) is 0 Å². The van der Waals surface area contributed by atoms with E-state index in [1.165, 1.54) is 25.7 Å². The maximum Gasteiger partial charge on any atom is 0.263 e. The molecule has 3 heterocycles. The Morgan fingerprint density at radius 2 is 2.07 bits per heavy atom. The van der Waals surface area contributed by atoms with Crippen LogP contribution in [-0.2, 0) is 24.3 Å². The van der Waals surface area contributed by atoms with Crippen molar-refractivity contribution in [3.63, 3.8) is 0 Å². The van der Waals surface area contributed by atoms with Crippen molar-refractivity contribution in [3.8, 4) is 0 Å². The normalized spacial score (nSPS) is 15.7. The van der Waals surface area contributed by atoms with Crippen LogP contribution in [0.2, 0.25) is 0 Å². The van der Waals surface area contributed by atoms with E-state index in [-0.39, 0.29) is 11.2 Å². The molecule has 1 aliphatic heterocycles. The number of ether oxygens (including phenoxy) is 1. The summed E-state index contributed by atoms with van der Waals surface area (Å²) in [5.41, 5.74) is 1.95. The van der Waals surface area contributed by atoms with Gasteiger partial charge in [-0.1, -0.05) is 56.5 Å². The monoisotopic (exact) mass is 420 g/mol. The number of hydrogen-bond acceptors (Lipinski definition) is 5. The molecule has 154 valence electrons. The lowest BCUT2D eigenvalue weighted by atomic mass is 9.94. The molecule has 0 aliphatic carbocycles. The molecular formula is C22H32N2O2S2. The van der Waals surface area contributed by atoms with Crippen LogP contribution in [0.3, 0.4) is 0 Å². The van der Waals surface area contributed by atoms with E-state index in [0.717, 1.165) is 50.0 Å². The summed E-state index contributed by atoms with van der Waals surface area (Å²) in [7, 11) is 0. The number of fused-ring (bicyclic) bond motifs is 3. The molecule has 3 rings (SSSR count). The van der Waals surface area contributed by atoms with Crippen molar-refractivity contribution in [1.82, 2.24) is 9.55 Å². The zero-order valence-corrected chi connectivity index (χ0v) is 19.2. The van der Waals surface area contributed by atoms with Crippen LogP contribution < -0.4 is 5.56 Å². The van der Waals surface area contributed by atoms with Crippen LogP contribution in [0.15, 0.2) is 22.1 Å². The Balaban J connectivity index is 1.93. The van der Waals surface area contributed by atoms with Crippen LogP contribution in [0.25, 0.3) is 10.2 Å². The standard InChI is InChI=1S/C22H32N2O2S2/c1-6-7-8-9-10-11-27-21-23-19-18(20(25)24(21)13-15(2)3)16-12-22(4,5)26-14-17(16)28-19/h2,6-14H2,1,3-5H3. The van der Waals surface area contributed by atoms with Crippen LogP contribution in [0.5, 0.6) is 0 Å². The lowest BCUT2D eigenvalue weighted by Gasteiger charge is -2.29. The predicted octanol–water partition coefficient (Wildman–Crippen LogP) is 5.95. The van der Waals surface area contributed by atoms with Crippen LogP contribution in [0.1, 0.15) is 70.2 Å². The molecule has 0 saturated heterocycles. The number of rotatable bonds is 9. The zero-order valence-electron chi connectivity index (χ0n) is 17.6. The Morgan fingerprint density at radius 1 is 1.32 bits per heavy atom. The first-order chi connectivity index (χ1) is 13.3. The van der Waals surface area contributed by atoms with Gasteiger partial charge in [-0.2, -0.15) is 0 Å². The Labute approximate surface area is 176 Å². The minimum absolute atomic E-state index is 0.0803. The average Bonchev–Trinajstić information content (AvgIpc) is 2.97. The minimum atomic E-state index is -0.238. The van der Waals surface area contributed by atoms with Crippen molar-refractivity contribution in [2.75, 3.05) is 5.75 Å². The third-order valence-corrected chi connectivity index (χ3v) is 7.22. The highest BCUT2D eigenvalue weighted by Gasteiger charge is 2.31.